The minimum atomic E-state index is -0.417. The maximum absolute atomic E-state index is 12.1. The SMILES string of the molecule is Nc1ccccc1C(=O)OCC1OCCc2ccccc21. The first-order valence-corrected chi connectivity index (χ1v) is 6.97. The fourth-order valence-corrected chi connectivity index (χ4v) is 2.53. The summed E-state index contributed by atoms with van der Waals surface area (Å²) in [7, 11) is 0. The highest BCUT2D eigenvalue weighted by atomic mass is 16.6. The van der Waals surface area contributed by atoms with Crippen molar-refractivity contribution in [3.63, 3.8) is 0 Å². The van der Waals surface area contributed by atoms with E-state index in [9.17, 15) is 4.79 Å². The number of anilines is 1. The smallest absolute Gasteiger partial charge is 0.340 e. The monoisotopic (exact) mass is 283 g/mol. The predicted molar refractivity (Wildman–Crippen MR) is 80.0 cm³/mol. The molecular formula is C17H17NO3. The summed E-state index contributed by atoms with van der Waals surface area (Å²) in [5.41, 5.74) is 8.94. The van der Waals surface area contributed by atoms with Gasteiger partial charge in [-0.05, 0) is 29.7 Å². The second-order valence-electron chi connectivity index (χ2n) is 4.99. The molecule has 0 radical (unpaired) electrons. The lowest BCUT2D eigenvalue weighted by atomic mass is 9.98. The van der Waals surface area contributed by atoms with Crippen molar-refractivity contribution in [2.24, 2.45) is 0 Å². The van der Waals surface area contributed by atoms with Crippen LogP contribution < -0.4 is 5.73 Å². The van der Waals surface area contributed by atoms with Crippen LogP contribution in [0.5, 0.6) is 0 Å². The number of fused-ring (bicyclic) bond motifs is 1. The molecular weight excluding hydrogens is 266 g/mol. The fourth-order valence-electron chi connectivity index (χ4n) is 2.53. The Morgan fingerprint density at radius 1 is 1.19 bits per heavy atom. The van der Waals surface area contributed by atoms with Gasteiger partial charge < -0.3 is 15.2 Å². The highest BCUT2D eigenvalue weighted by Crippen LogP contribution is 2.27. The summed E-state index contributed by atoms with van der Waals surface area (Å²) in [4.78, 5) is 12.1. The molecule has 4 heteroatoms. The lowest BCUT2D eigenvalue weighted by Crippen LogP contribution is -2.22. The predicted octanol–water partition coefficient (Wildman–Crippen LogP) is 2.74. The quantitative estimate of drug-likeness (QED) is 0.695. The molecule has 0 amide bonds. The highest BCUT2D eigenvalue weighted by Gasteiger charge is 2.22. The molecule has 0 spiro atoms. The van der Waals surface area contributed by atoms with Gasteiger partial charge in [-0.25, -0.2) is 4.79 Å². The van der Waals surface area contributed by atoms with E-state index >= 15 is 0 Å². The van der Waals surface area contributed by atoms with E-state index in [4.69, 9.17) is 15.2 Å². The van der Waals surface area contributed by atoms with Gasteiger partial charge in [0.1, 0.15) is 12.7 Å². The molecule has 108 valence electrons. The van der Waals surface area contributed by atoms with Gasteiger partial charge >= 0.3 is 5.97 Å². The third-order valence-electron chi connectivity index (χ3n) is 3.64. The molecule has 3 rings (SSSR count). The van der Waals surface area contributed by atoms with E-state index in [0.29, 0.717) is 17.9 Å². The third-order valence-corrected chi connectivity index (χ3v) is 3.64. The summed E-state index contributed by atoms with van der Waals surface area (Å²) in [6.07, 6.45) is 0.690. The molecule has 0 saturated heterocycles. The van der Waals surface area contributed by atoms with E-state index in [2.05, 4.69) is 6.07 Å². The zero-order valence-electron chi connectivity index (χ0n) is 11.6. The highest BCUT2D eigenvalue weighted by molar-refractivity contribution is 5.94. The first kappa shape index (κ1) is 13.6. The van der Waals surface area contributed by atoms with E-state index in [-0.39, 0.29) is 12.7 Å². The van der Waals surface area contributed by atoms with E-state index in [0.717, 1.165) is 12.0 Å². The summed E-state index contributed by atoms with van der Waals surface area (Å²) in [6, 6.07) is 15.0. The van der Waals surface area contributed by atoms with Crippen molar-refractivity contribution in [3.8, 4) is 0 Å². The van der Waals surface area contributed by atoms with Gasteiger partial charge in [-0.3, -0.25) is 0 Å². The van der Waals surface area contributed by atoms with Crippen LogP contribution in [-0.4, -0.2) is 19.2 Å². The zero-order chi connectivity index (χ0) is 14.7. The van der Waals surface area contributed by atoms with Crippen LogP contribution in [0, 0.1) is 0 Å². The molecule has 0 aromatic heterocycles. The van der Waals surface area contributed by atoms with Gasteiger partial charge in [0.2, 0.25) is 0 Å². The molecule has 1 aliphatic heterocycles. The Labute approximate surface area is 123 Å². The number of rotatable bonds is 3. The lowest BCUT2D eigenvalue weighted by Gasteiger charge is -2.25. The van der Waals surface area contributed by atoms with Crippen molar-refractivity contribution in [2.75, 3.05) is 18.9 Å². The second-order valence-corrected chi connectivity index (χ2v) is 4.99. The van der Waals surface area contributed by atoms with Crippen LogP contribution in [0.3, 0.4) is 0 Å². The second kappa shape index (κ2) is 5.97. The Morgan fingerprint density at radius 2 is 1.95 bits per heavy atom. The number of ether oxygens (including phenoxy) is 2. The molecule has 1 unspecified atom stereocenters. The van der Waals surface area contributed by atoms with Crippen LogP contribution in [0.1, 0.15) is 27.6 Å². The number of nitrogen functional groups attached to an aromatic ring is 1. The normalized spacial score (nSPS) is 17.0. The summed E-state index contributed by atoms with van der Waals surface area (Å²) in [5.74, 6) is -0.417. The van der Waals surface area contributed by atoms with Gasteiger partial charge in [0.15, 0.2) is 0 Å². The molecule has 21 heavy (non-hydrogen) atoms. The minimum absolute atomic E-state index is 0.199. The van der Waals surface area contributed by atoms with Gasteiger partial charge in [0.05, 0.1) is 12.2 Å². The summed E-state index contributed by atoms with van der Waals surface area (Å²) < 4.78 is 11.1. The van der Waals surface area contributed by atoms with Crippen molar-refractivity contribution >= 4 is 11.7 Å². The average Bonchev–Trinajstić information content (AvgIpc) is 2.53. The molecule has 2 aromatic rings. The van der Waals surface area contributed by atoms with Gasteiger partial charge in [0, 0.05) is 5.69 Å². The lowest BCUT2D eigenvalue weighted by molar-refractivity contribution is -0.0153. The number of nitrogens with two attached hydrogens (primary N) is 1. The summed E-state index contributed by atoms with van der Waals surface area (Å²) in [6.45, 7) is 0.844. The van der Waals surface area contributed by atoms with Crippen LogP contribution in [0.15, 0.2) is 48.5 Å². The van der Waals surface area contributed by atoms with Crippen molar-refractivity contribution in [2.45, 2.75) is 12.5 Å². The third kappa shape index (κ3) is 2.90. The first-order valence-electron chi connectivity index (χ1n) is 6.97. The van der Waals surface area contributed by atoms with Crippen LogP contribution >= 0.6 is 0 Å². The van der Waals surface area contributed by atoms with Crippen molar-refractivity contribution in [3.05, 3.63) is 65.2 Å². The van der Waals surface area contributed by atoms with Crippen molar-refractivity contribution in [1.29, 1.82) is 0 Å². The molecule has 4 nitrogen and oxygen atoms in total. The number of benzene rings is 2. The van der Waals surface area contributed by atoms with Gasteiger partial charge in [0.25, 0.3) is 0 Å². The van der Waals surface area contributed by atoms with Crippen LogP contribution in [0.2, 0.25) is 0 Å². The molecule has 1 atom stereocenters. The Hall–Kier alpha value is -2.33. The Balaban J connectivity index is 1.69. The largest absolute Gasteiger partial charge is 0.459 e. The average molecular weight is 283 g/mol. The zero-order valence-corrected chi connectivity index (χ0v) is 11.6. The molecule has 2 N–H and O–H groups in total. The maximum atomic E-state index is 12.1. The minimum Gasteiger partial charge on any atom is -0.459 e. The van der Waals surface area contributed by atoms with E-state index < -0.39 is 5.97 Å². The number of hydrogen-bond donors (Lipinski definition) is 1. The maximum Gasteiger partial charge on any atom is 0.340 e. The van der Waals surface area contributed by atoms with E-state index in [1.54, 1.807) is 24.3 Å². The number of carbonyl (C=O) groups is 1. The Kier molecular flexibility index (Phi) is 3.88. The standard InChI is InChI=1S/C17H17NO3/c18-15-8-4-3-7-14(15)17(19)21-11-16-13-6-2-1-5-12(13)9-10-20-16/h1-8,16H,9-11,18H2. The van der Waals surface area contributed by atoms with Crippen molar-refractivity contribution in [1.82, 2.24) is 0 Å². The molecule has 0 bridgehead atoms. The van der Waals surface area contributed by atoms with E-state index in [1.165, 1.54) is 5.56 Å². The fraction of sp³-hybridized carbons (Fsp3) is 0.235. The Morgan fingerprint density at radius 3 is 2.81 bits per heavy atom. The van der Waals surface area contributed by atoms with E-state index in [1.807, 2.05) is 18.2 Å². The number of carbonyl (C=O) groups excluding carboxylic acids is 1. The van der Waals surface area contributed by atoms with Crippen LogP contribution in [0.25, 0.3) is 0 Å². The number of hydrogen-bond acceptors (Lipinski definition) is 4. The molecule has 0 aliphatic carbocycles. The topological polar surface area (TPSA) is 61.6 Å². The van der Waals surface area contributed by atoms with Gasteiger partial charge in [-0.1, -0.05) is 36.4 Å². The van der Waals surface area contributed by atoms with Gasteiger partial charge in [-0.15, -0.1) is 0 Å². The molecule has 1 aliphatic rings. The van der Waals surface area contributed by atoms with Crippen LogP contribution in [-0.2, 0) is 15.9 Å². The molecule has 1 heterocycles. The number of para-hydroxylation sites is 1. The van der Waals surface area contributed by atoms with Crippen molar-refractivity contribution < 1.29 is 14.3 Å². The summed E-state index contributed by atoms with van der Waals surface area (Å²) >= 11 is 0. The summed E-state index contributed by atoms with van der Waals surface area (Å²) in [5, 5.41) is 0. The molecule has 0 fully saturated rings. The molecule has 2 aromatic carbocycles. The molecule has 0 saturated carbocycles. The Bertz CT molecular complexity index is 654. The first-order chi connectivity index (χ1) is 10.3. The number of esters is 1. The van der Waals surface area contributed by atoms with Crippen LogP contribution in [0.4, 0.5) is 5.69 Å². The van der Waals surface area contributed by atoms with Gasteiger partial charge in [-0.2, -0.15) is 0 Å².